The van der Waals surface area contributed by atoms with Gasteiger partial charge in [0.15, 0.2) is 11.4 Å². The lowest BCUT2D eigenvalue weighted by Gasteiger charge is -2.23. The average Bonchev–Trinajstić information content (AvgIpc) is 2.97. The van der Waals surface area contributed by atoms with Crippen molar-refractivity contribution in [1.29, 1.82) is 0 Å². The van der Waals surface area contributed by atoms with Gasteiger partial charge in [0.05, 0.1) is 18.7 Å². The minimum atomic E-state index is -1.89. The molecule has 0 aliphatic carbocycles. The Bertz CT molecular complexity index is 1120. The molecule has 0 spiro atoms. The Hall–Kier alpha value is -2.95. The fourth-order valence-corrected chi connectivity index (χ4v) is 4.12. The second-order valence-corrected chi connectivity index (χ2v) is 8.71. The number of ketones is 1. The molecular weight excluding hydrogens is 410 g/mol. The molecule has 0 saturated heterocycles. The monoisotopic (exact) mass is 433 g/mol. The summed E-state index contributed by atoms with van der Waals surface area (Å²) in [5.41, 5.74) is 1.68. The molecule has 1 heterocycles. The van der Waals surface area contributed by atoms with Crippen molar-refractivity contribution in [1.82, 2.24) is 0 Å². The second kappa shape index (κ2) is 8.29. The predicted molar refractivity (Wildman–Crippen MR) is 122 cm³/mol. The highest BCUT2D eigenvalue weighted by atomic mass is 35.5. The standard InChI is InChI=1S/C26H24ClNO3/c1-17(2)19-9-11-20(12-10-19)24(29)15-26(31)22-5-3-4-6-23(22)28(25(26)30)16-18-7-13-21(27)14-8-18/h3-14,17,31H,15-16H2,1-2H3/t26-/m0/s1. The van der Waals surface area contributed by atoms with Gasteiger partial charge in [0, 0.05) is 16.1 Å². The van der Waals surface area contributed by atoms with E-state index in [0.717, 1.165) is 11.1 Å². The van der Waals surface area contributed by atoms with Crippen molar-refractivity contribution in [3.8, 4) is 0 Å². The third kappa shape index (κ3) is 4.01. The number of halogens is 1. The van der Waals surface area contributed by atoms with E-state index in [1.165, 1.54) is 4.90 Å². The van der Waals surface area contributed by atoms with E-state index in [2.05, 4.69) is 13.8 Å². The van der Waals surface area contributed by atoms with Crippen LogP contribution in [0.2, 0.25) is 5.02 Å². The molecule has 0 bridgehead atoms. The first-order valence-corrected chi connectivity index (χ1v) is 10.7. The van der Waals surface area contributed by atoms with Gasteiger partial charge in [-0.3, -0.25) is 9.59 Å². The number of hydrogen-bond donors (Lipinski definition) is 1. The van der Waals surface area contributed by atoms with Crippen LogP contribution in [0.15, 0.2) is 72.8 Å². The number of benzene rings is 3. The lowest BCUT2D eigenvalue weighted by Crippen LogP contribution is -2.41. The molecular formula is C26H24ClNO3. The Morgan fingerprint density at radius 1 is 1.00 bits per heavy atom. The van der Waals surface area contributed by atoms with E-state index in [4.69, 9.17) is 11.6 Å². The summed E-state index contributed by atoms with van der Waals surface area (Å²) in [5.74, 6) is -0.400. The Morgan fingerprint density at radius 2 is 1.65 bits per heavy atom. The molecule has 0 aromatic heterocycles. The molecule has 0 unspecified atom stereocenters. The zero-order valence-corrected chi connectivity index (χ0v) is 18.3. The summed E-state index contributed by atoms with van der Waals surface area (Å²) >= 11 is 5.97. The molecule has 158 valence electrons. The van der Waals surface area contributed by atoms with Crippen molar-refractivity contribution < 1.29 is 14.7 Å². The number of carbonyl (C=O) groups excluding carboxylic acids is 2. The normalized spacial score (nSPS) is 17.8. The number of carbonyl (C=O) groups is 2. The highest BCUT2D eigenvalue weighted by molar-refractivity contribution is 6.30. The van der Waals surface area contributed by atoms with Gasteiger partial charge in [-0.1, -0.05) is 80.0 Å². The minimum absolute atomic E-state index is 0.269. The predicted octanol–water partition coefficient (Wildman–Crippen LogP) is 5.47. The molecule has 5 heteroatoms. The number of Topliss-reactive ketones (excluding diaryl/α,β-unsaturated/α-hetero) is 1. The molecule has 3 aromatic rings. The number of para-hydroxylation sites is 1. The number of hydrogen-bond acceptors (Lipinski definition) is 3. The van der Waals surface area contributed by atoms with E-state index in [0.29, 0.717) is 27.8 Å². The maximum Gasteiger partial charge on any atom is 0.264 e. The first kappa shape index (κ1) is 21.3. The summed E-state index contributed by atoms with van der Waals surface area (Å²) < 4.78 is 0. The van der Waals surface area contributed by atoms with Crippen molar-refractivity contribution in [2.75, 3.05) is 4.90 Å². The van der Waals surface area contributed by atoms with Gasteiger partial charge in [0.25, 0.3) is 5.91 Å². The maximum atomic E-state index is 13.4. The Kier molecular flexibility index (Phi) is 5.69. The fraction of sp³-hybridized carbons (Fsp3) is 0.231. The van der Waals surface area contributed by atoms with Crippen molar-refractivity contribution in [3.63, 3.8) is 0 Å². The number of amides is 1. The molecule has 0 saturated carbocycles. The van der Waals surface area contributed by atoms with Crippen LogP contribution in [-0.2, 0) is 16.9 Å². The van der Waals surface area contributed by atoms with E-state index in [1.807, 2.05) is 30.3 Å². The van der Waals surface area contributed by atoms with Crippen LogP contribution in [0.5, 0.6) is 0 Å². The summed E-state index contributed by atoms with van der Waals surface area (Å²) in [7, 11) is 0. The summed E-state index contributed by atoms with van der Waals surface area (Å²) in [6, 6.07) is 21.7. The van der Waals surface area contributed by atoms with Crippen LogP contribution in [0.25, 0.3) is 0 Å². The van der Waals surface area contributed by atoms with E-state index >= 15 is 0 Å². The van der Waals surface area contributed by atoms with Gasteiger partial charge in [-0.25, -0.2) is 0 Å². The Labute approximate surface area is 187 Å². The molecule has 1 amide bonds. The van der Waals surface area contributed by atoms with Gasteiger partial charge < -0.3 is 10.0 Å². The molecule has 1 aliphatic rings. The SMILES string of the molecule is CC(C)c1ccc(C(=O)C[C@@]2(O)C(=O)N(Cc3ccc(Cl)cc3)c3ccccc32)cc1. The van der Waals surface area contributed by atoms with Gasteiger partial charge in [-0.2, -0.15) is 0 Å². The van der Waals surface area contributed by atoms with Crippen LogP contribution in [0.1, 0.15) is 53.2 Å². The van der Waals surface area contributed by atoms with Gasteiger partial charge in [0.2, 0.25) is 0 Å². The zero-order chi connectivity index (χ0) is 22.2. The van der Waals surface area contributed by atoms with Crippen LogP contribution < -0.4 is 4.90 Å². The fourth-order valence-electron chi connectivity index (χ4n) is 4.00. The quantitative estimate of drug-likeness (QED) is 0.524. The number of fused-ring (bicyclic) bond motifs is 1. The zero-order valence-electron chi connectivity index (χ0n) is 17.5. The van der Waals surface area contributed by atoms with Crippen molar-refractivity contribution >= 4 is 29.0 Å². The molecule has 31 heavy (non-hydrogen) atoms. The largest absolute Gasteiger partial charge is 0.375 e. The molecule has 1 aliphatic heterocycles. The van der Waals surface area contributed by atoms with Crippen LogP contribution in [0.4, 0.5) is 5.69 Å². The Morgan fingerprint density at radius 3 is 2.29 bits per heavy atom. The topological polar surface area (TPSA) is 57.6 Å². The third-order valence-corrected chi connectivity index (χ3v) is 6.06. The lowest BCUT2D eigenvalue weighted by atomic mass is 9.87. The lowest BCUT2D eigenvalue weighted by molar-refractivity contribution is -0.136. The first-order chi connectivity index (χ1) is 14.8. The van der Waals surface area contributed by atoms with E-state index in [9.17, 15) is 14.7 Å². The molecule has 4 nitrogen and oxygen atoms in total. The van der Waals surface area contributed by atoms with E-state index in [-0.39, 0.29) is 18.7 Å². The molecule has 1 N–H and O–H groups in total. The first-order valence-electron chi connectivity index (χ1n) is 10.3. The number of aliphatic hydroxyl groups is 1. The van der Waals surface area contributed by atoms with Crippen molar-refractivity contribution in [2.24, 2.45) is 0 Å². The summed E-state index contributed by atoms with van der Waals surface area (Å²) in [6.45, 7) is 4.46. The number of anilines is 1. The molecule has 1 atom stereocenters. The summed E-state index contributed by atoms with van der Waals surface area (Å²) in [6.07, 6.45) is -0.305. The maximum absolute atomic E-state index is 13.4. The number of nitrogens with zero attached hydrogens (tertiary/aromatic N) is 1. The average molecular weight is 434 g/mol. The van der Waals surface area contributed by atoms with Gasteiger partial charge in [0.1, 0.15) is 0 Å². The van der Waals surface area contributed by atoms with Crippen LogP contribution >= 0.6 is 11.6 Å². The summed E-state index contributed by atoms with van der Waals surface area (Å²) in [4.78, 5) is 27.9. The van der Waals surface area contributed by atoms with Crippen LogP contribution in [0, 0.1) is 0 Å². The van der Waals surface area contributed by atoms with Gasteiger partial charge in [-0.15, -0.1) is 0 Å². The smallest absolute Gasteiger partial charge is 0.264 e. The van der Waals surface area contributed by atoms with E-state index in [1.54, 1.807) is 42.5 Å². The highest BCUT2D eigenvalue weighted by Crippen LogP contribution is 2.43. The van der Waals surface area contributed by atoms with Crippen LogP contribution in [-0.4, -0.2) is 16.8 Å². The van der Waals surface area contributed by atoms with Crippen LogP contribution in [0.3, 0.4) is 0 Å². The van der Waals surface area contributed by atoms with E-state index < -0.39 is 11.5 Å². The van der Waals surface area contributed by atoms with Gasteiger partial charge in [-0.05, 0) is 35.2 Å². The molecule has 3 aromatic carbocycles. The van der Waals surface area contributed by atoms with Gasteiger partial charge >= 0.3 is 0 Å². The number of rotatable bonds is 6. The summed E-state index contributed by atoms with van der Waals surface area (Å²) in [5, 5.41) is 12.1. The second-order valence-electron chi connectivity index (χ2n) is 8.27. The Balaban J connectivity index is 1.63. The van der Waals surface area contributed by atoms with Crippen molar-refractivity contribution in [2.45, 2.75) is 38.3 Å². The third-order valence-electron chi connectivity index (χ3n) is 5.81. The molecule has 0 radical (unpaired) electrons. The minimum Gasteiger partial charge on any atom is -0.375 e. The molecule has 0 fully saturated rings. The molecule has 4 rings (SSSR count). The van der Waals surface area contributed by atoms with Crippen molar-refractivity contribution in [3.05, 3.63) is 100 Å². The highest BCUT2D eigenvalue weighted by Gasteiger charge is 2.50.